The van der Waals surface area contributed by atoms with Gasteiger partial charge < -0.3 is 5.11 Å². The van der Waals surface area contributed by atoms with Gasteiger partial charge in [0.2, 0.25) is 0 Å². The molecule has 1 aromatic heterocycles. The Morgan fingerprint density at radius 1 is 1.47 bits per heavy atom. The largest absolute Gasteiger partial charge is 0.383 e. The number of benzene rings is 1. The lowest BCUT2D eigenvalue weighted by atomic mass is 10.1. The summed E-state index contributed by atoms with van der Waals surface area (Å²) in [6.45, 7) is 0. The van der Waals surface area contributed by atoms with E-state index >= 15 is 0 Å². The maximum atomic E-state index is 13.0. The average molecular weight is 244 g/mol. The third-order valence-electron chi connectivity index (χ3n) is 1.97. The molecule has 0 bridgehead atoms. The molecule has 0 amide bonds. The van der Waals surface area contributed by atoms with Crippen molar-refractivity contribution in [3.63, 3.8) is 0 Å². The monoisotopic (exact) mass is 243 g/mol. The van der Waals surface area contributed by atoms with E-state index in [1.54, 1.807) is 5.51 Å². The highest BCUT2D eigenvalue weighted by Gasteiger charge is 2.15. The minimum atomic E-state index is -0.916. The average Bonchev–Trinajstić information content (AvgIpc) is 2.74. The molecule has 0 aliphatic heterocycles. The third kappa shape index (κ3) is 2.17. The molecule has 78 valence electrons. The summed E-state index contributed by atoms with van der Waals surface area (Å²) in [6.07, 6.45) is 0.622. The van der Waals surface area contributed by atoms with Crippen molar-refractivity contribution in [3.05, 3.63) is 51.2 Å². The van der Waals surface area contributed by atoms with Crippen molar-refractivity contribution in [2.45, 2.75) is 6.10 Å². The van der Waals surface area contributed by atoms with Crippen molar-refractivity contribution < 1.29 is 9.50 Å². The second kappa shape index (κ2) is 4.26. The van der Waals surface area contributed by atoms with Crippen molar-refractivity contribution in [2.75, 3.05) is 0 Å². The van der Waals surface area contributed by atoms with Crippen LogP contribution in [0.25, 0.3) is 0 Å². The molecule has 15 heavy (non-hydrogen) atoms. The zero-order valence-corrected chi connectivity index (χ0v) is 9.10. The Balaban J connectivity index is 2.41. The van der Waals surface area contributed by atoms with Gasteiger partial charge in [0.25, 0.3) is 0 Å². The Bertz CT molecular complexity index is 460. The Morgan fingerprint density at radius 3 is 2.93 bits per heavy atom. The maximum absolute atomic E-state index is 13.0. The van der Waals surface area contributed by atoms with Crippen molar-refractivity contribution in [3.8, 4) is 0 Å². The van der Waals surface area contributed by atoms with Gasteiger partial charge in [-0.15, -0.1) is 11.3 Å². The van der Waals surface area contributed by atoms with E-state index in [1.807, 2.05) is 0 Å². The molecule has 1 unspecified atom stereocenters. The van der Waals surface area contributed by atoms with Crippen LogP contribution in [0.2, 0.25) is 5.02 Å². The van der Waals surface area contributed by atoms with Gasteiger partial charge in [0.05, 0.1) is 10.4 Å². The molecule has 5 heteroatoms. The number of thiazole rings is 1. The maximum Gasteiger partial charge on any atom is 0.123 e. The van der Waals surface area contributed by atoms with Gasteiger partial charge in [0, 0.05) is 16.8 Å². The molecular weight excluding hydrogens is 237 g/mol. The second-order valence-corrected chi connectivity index (χ2v) is 4.30. The van der Waals surface area contributed by atoms with Gasteiger partial charge in [-0.2, -0.15) is 0 Å². The minimum absolute atomic E-state index is 0.345. The highest BCUT2D eigenvalue weighted by Crippen LogP contribution is 2.30. The molecule has 2 nitrogen and oxygen atoms in total. The summed E-state index contributed by atoms with van der Waals surface area (Å²) >= 11 is 7.16. The number of aliphatic hydroxyl groups excluding tert-OH is 1. The number of rotatable bonds is 2. The Kier molecular flexibility index (Phi) is 3.00. The molecule has 1 atom stereocenters. The SMILES string of the molecule is OC(c1cncs1)c1cc(F)ccc1Cl. The smallest absolute Gasteiger partial charge is 0.123 e. The van der Waals surface area contributed by atoms with Crippen LogP contribution in [0, 0.1) is 5.82 Å². The number of hydrogen-bond donors (Lipinski definition) is 1. The van der Waals surface area contributed by atoms with Crippen LogP contribution in [-0.2, 0) is 0 Å². The Morgan fingerprint density at radius 2 is 2.27 bits per heavy atom. The zero-order chi connectivity index (χ0) is 10.8. The standard InChI is InChI=1S/C10H7ClFNOS/c11-8-2-1-6(12)3-7(8)10(14)9-4-13-5-15-9/h1-5,10,14H. The van der Waals surface area contributed by atoms with E-state index in [4.69, 9.17) is 11.6 Å². The van der Waals surface area contributed by atoms with E-state index in [9.17, 15) is 9.50 Å². The van der Waals surface area contributed by atoms with Gasteiger partial charge in [-0.3, -0.25) is 4.98 Å². The quantitative estimate of drug-likeness (QED) is 0.880. The van der Waals surface area contributed by atoms with Crippen LogP contribution >= 0.6 is 22.9 Å². The molecule has 0 fully saturated rings. The Hall–Kier alpha value is -0.970. The molecule has 1 heterocycles. The number of halogens is 2. The first-order chi connectivity index (χ1) is 7.18. The molecule has 1 N–H and O–H groups in total. The number of nitrogens with zero attached hydrogens (tertiary/aromatic N) is 1. The fourth-order valence-corrected chi connectivity index (χ4v) is 2.08. The molecule has 2 rings (SSSR count). The van der Waals surface area contributed by atoms with Crippen molar-refractivity contribution >= 4 is 22.9 Å². The lowest BCUT2D eigenvalue weighted by molar-refractivity contribution is 0.223. The van der Waals surface area contributed by atoms with Crippen LogP contribution in [-0.4, -0.2) is 10.1 Å². The van der Waals surface area contributed by atoms with Gasteiger partial charge in [-0.05, 0) is 18.2 Å². The number of hydrogen-bond acceptors (Lipinski definition) is 3. The van der Waals surface area contributed by atoms with Crippen molar-refractivity contribution in [1.29, 1.82) is 0 Å². The van der Waals surface area contributed by atoms with Crippen LogP contribution in [0.4, 0.5) is 4.39 Å². The van der Waals surface area contributed by atoms with Gasteiger partial charge in [-0.1, -0.05) is 11.6 Å². The van der Waals surface area contributed by atoms with Gasteiger partial charge in [-0.25, -0.2) is 4.39 Å². The lowest BCUT2D eigenvalue weighted by Crippen LogP contribution is -1.98. The fourth-order valence-electron chi connectivity index (χ4n) is 1.24. The molecule has 1 aromatic carbocycles. The van der Waals surface area contributed by atoms with Crippen LogP contribution < -0.4 is 0 Å². The topological polar surface area (TPSA) is 33.1 Å². The summed E-state index contributed by atoms with van der Waals surface area (Å²) in [5.74, 6) is -0.419. The molecule has 0 spiro atoms. The van der Waals surface area contributed by atoms with E-state index in [-0.39, 0.29) is 0 Å². The summed E-state index contributed by atoms with van der Waals surface area (Å²) in [7, 11) is 0. The summed E-state index contributed by atoms with van der Waals surface area (Å²) in [5.41, 5.74) is 1.96. The van der Waals surface area contributed by atoms with E-state index in [0.717, 1.165) is 0 Å². The summed E-state index contributed by atoms with van der Waals surface area (Å²) in [4.78, 5) is 4.48. The zero-order valence-electron chi connectivity index (χ0n) is 7.52. The number of aliphatic hydroxyl groups is 1. The van der Waals surface area contributed by atoms with Gasteiger partial charge >= 0.3 is 0 Å². The van der Waals surface area contributed by atoms with Crippen LogP contribution in [0.3, 0.4) is 0 Å². The summed E-state index contributed by atoms with van der Waals surface area (Å²) in [5, 5.41) is 10.3. The first-order valence-corrected chi connectivity index (χ1v) is 5.45. The molecule has 0 aliphatic carbocycles. The highest BCUT2D eigenvalue weighted by atomic mass is 35.5. The normalized spacial score (nSPS) is 12.7. The third-order valence-corrected chi connectivity index (χ3v) is 3.15. The van der Waals surface area contributed by atoms with E-state index in [2.05, 4.69) is 4.98 Å². The Labute approximate surface area is 95.0 Å². The summed E-state index contributed by atoms with van der Waals surface area (Å²) in [6, 6.07) is 3.91. The molecule has 0 aliphatic rings. The molecule has 2 aromatic rings. The van der Waals surface area contributed by atoms with Crippen LogP contribution in [0.1, 0.15) is 16.5 Å². The summed E-state index contributed by atoms with van der Waals surface area (Å²) < 4.78 is 13.0. The van der Waals surface area contributed by atoms with E-state index in [1.165, 1.54) is 35.7 Å². The lowest BCUT2D eigenvalue weighted by Gasteiger charge is -2.10. The number of aromatic nitrogens is 1. The van der Waals surface area contributed by atoms with E-state index in [0.29, 0.717) is 15.5 Å². The molecular formula is C10H7ClFNOS. The highest BCUT2D eigenvalue weighted by molar-refractivity contribution is 7.09. The minimum Gasteiger partial charge on any atom is -0.383 e. The predicted octanol–water partition coefficient (Wildman–Crippen LogP) is 3.02. The van der Waals surface area contributed by atoms with Crippen molar-refractivity contribution in [2.24, 2.45) is 0 Å². The fraction of sp³-hybridized carbons (Fsp3) is 0.100. The van der Waals surface area contributed by atoms with Crippen LogP contribution in [0.5, 0.6) is 0 Å². The van der Waals surface area contributed by atoms with E-state index < -0.39 is 11.9 Å². The first kappa shape index (κ1) is 10.5. The first-order valence-electron chi connectivity index (χ1n) is 4.20. The van der Waals surface area contributed by atoms with Crippen LogP contribution in [0.15, 0.2) is 29.9 Å². The van der Waals surface area contributed by atoms with Gasteiger partial charge in [0.15, 0.2) is 0 Å². The predicted molar refractivity (Wildman–Crippen MR) is 57.6 cm³/mol. The molecule has 0 saturated carbocycles. The van der Waals surface area contributed by atoms with Crippen molar-refractivity contribution in [1.82, 2.24) is 4.98 Å². The second-order valence-electron chi connectivity index (χ2n) is 2.97. The van der Waals surface area contributed by atoms with Gasteiger partial charge in [0.1, 0.15) is 11.9 Å². The molecule has 0 saturated heterocycles. The molecule has 0 radical (unpaired) electrons.